The van der Waals surface area contributed by atoms with Gasteiger partial charge in [0.05, 0.1) is 18.8 Å². The zero-order valence-electron chi connectivity index (χ0n) is 12.9. The Bertz CT molecular complexity index is 586. The zero-order valence-corrected chi connectivity index (χ0v) is 12.9. The van der Waals surface area contributed by atoms with Crippen LogP contribution in [0.1, 0.15) is 10.4 Å². The molecule has 1 atom stereocenters. The monoisotopic (exact) mass is 319 g/mol. The number of carbonyl (C=O) groups excluding carboxylic acids is 1. The van der Waals surface area contributed by atoms with E-state index in [0.29, 0.717) is 31.9 Å². The number of aliphatic carboxylic acids is 1. The number of anilines is 1. The third kappa shape index (κ3) is 3.46. The summed E-state index contributed by atoms with van der Waals surface area (Å²) in [6.07, 6.45) is 0. The van der Waals surface area contributed by atoms with Gasteiger partial charge in [0.25, 0.3) is 5.91 Å². The van der Waals surface area contributed by atoms with Crippen LogP contribution in [-0.2, 0) is 9.53 Å². The number of rotatable bonds is 3. The lowest BCUT2D eigenvalue weighted by Crippen LogP contribution is -2.55. The number of carboxylic acid groups (broad SMARTS) is 1. The molecule has 2 heterocycles. The Kier molecular flexibility index (Phi) is 4.78. The number of para-hydroxylation sites is 1. The molecule has 7 nitrogen and oxygen atoms in total. The van der Waals surface area contributed by atoms with Crippen LogP contribution < -0.4 is 10.2 Å². The minimum atomic E-state index is -0.927. The van der Waals surface area contributed by atoms with Crippen LogP contribution in [0.4, 0.5) is 5.69 Å². The van der Waals surface area contributed by atoms with Gasteiger partial charge < -0.3 is 25.0 Å². The van der Waals surface area contributed by atoms with Crippen LogP contribution in [0.25, 0.3) is 0 Å². The summed E-state index contributed by atoms with van der Waals surface area (Å²) in [6.45, 7) is 4.00. The van der Waals surface area contributed by atoms with Gasteiger partial charge >= 0.3 is 5.97 Å². The van der Waals surface area contributed by atoms with E-state index in [1.54, 1.807) is 4.90 Å². The minimum absolute atomic E-state index is 0.111. The van der Waals surface area contributed by atoms with E-state index in [9.17, 15) is 9.59 Å². The first-order valence-corrected chi connectivity index (χ1v) is 7.84. The second kappa shape index (κ2) is 6.97. The molecule has 0 bridgehead atoms. The van der Waals surface area contributed by atoms with E-state index in [1.165, 1.54) is 0 Å². The summed E-state index contributed by atoms with van der Waals surface area (Å²) in [5.41, 5.74) is 1.52. The standard InChI is InChI=1S/C16H21N3O4/c20-15(19-6-5-17-13(11-19)16(21)22)12-3-1-2-4-14(12)18-7-9-23-10-8-18/h1-4,13,17H,5-11H2,(H,21,22)/t13-/m1/s1. The summed E-state index contributed by atoms with van der Waals surface area (Å²) in [4.78, 5) is 27.8. The van der Waals surface area contributed by atoms with Crippen molar-refractivity contribution in [3.8, 4) is 0 Å². The summed E-state index contributed by atoms with van der Waals surface area (Å²) >= 11 is 0. The number of piperazine rings is 1. The second-order valence-corrected chi connectivity index (χ2v) is 5.71. The molecule has 1 amide bonds. The van der Waals surface area contributed by atoms with Crippen molar-refractivity contribution >= 4 is 17.6 Å². The van der Waals surface area contributed by atoms with Crippen LogP contribution in [0.5, 0.6) is 0 Å². The van der Waals surface area contributed by atoms with Gasteiger partial charge in [0.15, 0.2) is 0 Å². The maximum absolute atomic E-state index is 12.9. The quantitative estimate of drug-likeness (QED) is 0.817. The molecular weight excluding hydrogens is 298 g/mol. The van der Waals surface area contributed by atoms with Gasteiger partial charge in [0.1, 0.15) is 6.04 Å². The number of morpholine rings is 1. The lowest BCUT2D eigenvalue weighted by atomic mass is 10.1. The Hall–Kier alpha value is -2.12. The average Bonchev–Trinajstić information content (AvgIpc) is 2.62. The molecule has 23 heavy (non-hydrogen) atoms. The fraction of sp³-hybridized carbons (Fsp3) is 0.500. The maximum Gasteiger partial charge on any atom is 0.322 e. The number of hydrogen-bond acceptors (Lipinski definition) is 5. The van der Waals surface area contributed by atoms with Gasteiger partial charge in [-0.2, -0.15) is 0 Å². The molecule has 3 rings (SSSR count). The third-order valence-electron chi connectivity index (χ3n) is 4.25. The first-order chi connectivity index (χ1) is 11.2. The molecule has 0 spiro atoms. The van der Waals surface area contributed by atoms with Crippen molar-refractivity contribution in [2.24, 2.45) is 0 Å². The molecule has 2 N–H and O–H groups in total. The molecule has 1 aromatic rings. The highest BCUT2D eigenvalue weighted by Gasteiger charge is 2.29. The molecule has 1 aromatic carbocycles. The minimum Gasteiger partial charge on any atom is -0.480 e. The van der Waals surface area contributed by atoms with E-state index >= 15 is 0 Å². The number of carbonyl (C=O) groups is 2. The Labute approximate surface area is 134 Å². The first-order valence-electron chi connectivity index (χ1n) is 7.84. The molecule has 0 aliphatic carbocycles. The highest BCUT2D eigenvalue weighted by molar-refractivity contribution is 6.00. The maximum atomic E-state index is 12.9. The van der Waals surface area contributed by atoms with Crippen molar-refractivity contribution in [2.45, 2.75) is 6.04 Å². The molecule has 0 aromatic heterocycles. The van der Waals surface area contributed by atoms with E-state index in [0.717, 1.165) is 18.8 Å². The normalized spacial score (nSPS) is 22.0. The predicted octanol–water partition coefficient (Wildman–Crippen LogP) is 0.0218. The molecule has 0 radical (unpaired) electrons. The van der Waals surface area contributed by atoms with Crippen molar-refractivity contribution < 1.29 is 19.4 Å². The summed E-state index contributed by atoms with van der Waals surface area (Å²) in [7, 11) is 0. The zero-order chi connectivity index (χ0) is 16.2. The summed E-state index contributed by atoms with van der Waals surface area (Å²) < 4.78 is 5.37. The fourth-order valence-electron chi connectivity index (χ4n) is 3.00. The van der Waals surface area contributed by atoms with Crippen LogP contribution >= 0.6 is 0 Å². The van der Waals surface area contributed by atoms with Crippen molar-refractivity contribution in [3.05, 3.63) is 29.8 Å². The largest absolute Gasteiger partial charge is 0.480 e. The summed E-state index contributed by atoms with van der Waals surface area (Å²) in [6, 6.07) is 6.80. The number of nitrogens with zero attached hydrogens (tertiary/aromatic N) is 2. The number of benzene rings is 1. The van der Waals surface area contributed by atoms with Crippen LogP contribution in [-0.4, -0.2) is 73.9 Å². The molecule has 7 heteroatoms. The van der Waals surface area contributed by atoms with Crippen molar-refractivity contribution in [1.29, 1.82) is 0 Å². The van der Waals surface area contributed by atoms with Gasteiger partial charge in [-0.05, 0) is 12.1 Å². The van der Waals surface area contributed by atoms with Gasteiger partial charge in [-0.15, -0.1) is 0 Å². The average molecular weight is 319 g/mol. The molecule has 0 saturated carbocycles. The van der Waals surface area contributed by atoms with E-state index in [-0.39, 0.29) is 12.5 Å². The highest BCUT2D eigenvalue weighted by Crippen LogP contribution is 2.23. The number of ether oxygens (including phenoxy) is 1. The summed E-state index contributed by atoms with van der Waals surface area (Å²) in [5, 5.41) is 12.1. The number of nitrogens with one attached hydrogen (secondary N) is 1. The van der Waals surface area contributed by atoms with Crippen LogP contribution in [0.3, 0.4) is 0 Å². The Balaban J connectivity index is 1.80. The van der Waals surface area contributed by atoms with E-state index in [2.05, 4.69) is 10.2 Å². The number of carboxylic acids is 1. The van der Waals surface area contributed by atoms with Gasteiger partial charge in [-0.3, -0.25) is 9.59 Å². The molecule has 124 valence electrons. The Morgan fingerprint density at radius 2 is 1.91 bits per heavy atom. The van der Waals surface area contributed by atoms with Crippen molar-refractivity contribution in [3.63, 3.8) is 0 Å². The predicted molar refractivity (Wildman–Crippen MR) is 84.8 cm³/mol. The van der Waals surface area contributed by atoms with Gasteiger partial charge in [-0.25, -0.2) is 0 Å². The molecular formula is C16H21N3O4. The van der Waals surface area contributed by atoms with Gasteiger partial charge in [-0.1, -0.05) is 12.1 Å². The topological polar surface area (TPSA) is 82.1 Å². The third-order valence-corrected chi connectivity index (χ3v) is 4.25. The molecule has 0 unspecified atom stereocenters. The van der Waals surface area contributed by atoms with Crippen LogP contribution in [0, 0.1) is 0 Å². The lowest BCUT2D eigenvalue weighted by Gasteiger charge is -2.34. The van der Waals surface area contributed by atoms with Crippen molar-refractivity contribution in [2.75, 3.05) is 50.8 Å². The van der Waals surface area contributed by atoms with E-state index in [4.69, 9.17) is 9.84 Å². The van der Waals surface area contributed by atoms with Crippen molar-refractivity contribution in [1.82, 2.24) is 10.2 Å². The summed E-state index contributed by atoms with van der Waals surface area (Å²) in [5.74, 6) is -1.04. The van der Waals surface area contributed by atoms with E-state index in [1.807, 2.05) is 24.3 Å². The fourth-order valence-corrected chi connectivity index (χ4v) is 3.00. The highest BCUT2D eigenvalue weighted by atomic mass is 16.5. The first kappa shape index (κ1) is 15.8. The number of amides is 1. The van der Waals surface area contributed by atoms with Crippen LogP contribution in [0.15, 0.2) is 24.3 Å². The SMILES string of the molecule is O=C(O)[C@H]1CN(C(=O)c2ccccc2N2CCOCC2)CCN1. The number of hydrogen-bond donors (Lipinski definition) is 2. The molecule has 2 aliphatic rings. The van der Waals surface area contributed by atoms with Crippen LogP contribution in [0.2, 0.25) is 0 Å². The second-order valence-electron chi connectivity index (χ2n) is 5.71. The van der Waals surface area contributed by atoms with Gasteiger partial charge in [0.2, 0.25) is 0 Å². The smallest absolute Gasteiger partial charge is 0.322 e. The van der Waals surface area contributed by atoms with E-state index < -0.39 is 12.0 Å². The van der Waals surface area contributed by atoms with Gasteiger partial charge in [0, 0.05) is 38.4 Å². The Morgan fingerprint density at radius 1 is 1.17 bits per heavy atom. The lowest BCUT2D eigenvalue weighted by molar-refractivity contribution is -0.140. The molecule has 2 aliphatic heterocycles. The Morgan fingerprint density at radius 3 is 2.65 bits per heavy atom. The molecule has 2 fully saturated rings. The molecule has 2 saturated heterocycles.